The van der Waals surface area contributed by atoms with Crippen molar-refractivity contribution in [1.82, 2.24) is 0 Å². The van der Waals surface area contributed by atoms with Gasteiger partial charge in [-0.15, -0.1) is 0 Å². The predicted molar refractivity (Wildman–Crippen MR) is 90.2 cm³/mol. The highest BCUT2D eigenvalue weighted by Crippen LogP contribution is 2.06. The molecule has 1 aromatic rings. The van der Waals surface area contributed by atoms with Crippen molar-refractivity contribution in [2.75, 3.05) is 51.6 Å². The molecule has 1 atom stereocenters. The molecule has 2 N–H and O–H groups in total. The fourth-order valence-corrected chi connectivity index (χ4v) is 2.04. The van der Waals surface area contributed by atoms with Gasteiger partial charge in [0.15, 0.2) is 0 Å². The molecule has 0 aromatic heterocycles. The molecule has 0 spiro atoms. The van der Waals surface area contributed by atoms with Gasteiger partial charge in [0.1, 0.15) is 15.4 Å². The van der Waals surface area contributed by atoms with Gasteiger partial charge in [-0.25, -0.2) is 9.00 Å². The lowest BCUT2D eigenvalue weighted by Crippen LogP contribution is -2.14. The maximum Gasteiger partial charge on any atom is 0.338 e. The zero-order valence-electron chi connectivity index (χ0n) is 12.9. The van der Waals surface area contributed by atoms with Crippen molar-refractivity contribution < 1.29 is 27.4 Å². The monoisotopic (exact) mass is 363 g/mol. The molecule has 0 radical (unpaired) electrons. The van der Waals surface area contributed by atoms with Crippen molar-refractivity contribution in [3.63, 3.8) is 0 Å². The van der Waals surface area contributed by atoms with Gasteiger partial charge in [0, 0.05) is 23.1 Å². The lowest BCUT2D eigenvalue weighted by Gasteiger charge is -2.07. The van der Waals surface area contributed by atoms with Crippen LogP contribution in [0.5, 0.6) is 0 Å². The van der Waals surface area contributed by atoms with Crippen molar-refractivity contribution in [1.29, 1.82) is 0 Å². The van der Waals surface area contributed by atoms with Crippen molar-refractivity contribution >= 4 is 31.6 Å². The largest absolute Gasteiger partial charge is 0.460 e. The Kier molecular flexibility index (Phi) is 9.03. The van der Waals surface area contributed by atoms with Crippen LogP contribution in [0.2, 0.25) is 0 Å². The molecule has 7 nitrogen and oxygen atoms in total. The van der Waals surface area contributed by atoms with Crippen molar-refractivity contribution in [2.24, 2.45) is 0 Å². The Bertz CT molecular complexity index is 573. The number of hydrogen-bond donors (Lipinski definition) is 1. The van der Waals surface area contributed by atoms with Crippen LogP contribution in [0.4, 0.5) is 5.69 Å². The molecule has 0 fully saturated rings. The summed E-state index contributed by atoms with van der Waals surface area (Å²) in [5.74, 6) is -0.422. The van der Waals surface area contributed by atoms with E-state index in [1.807, 2.05) is 0 Å². The number of esters is 1. The first-order valence-corrected chi connectivity index (χ1v) is 9.73. The van der Waals surface area contributed by atoms with E-state index >= 15 is 0 Å². The fourth-order valence-electron chi connectivity index (χ4n) is 1.46. The number of nitrogen functional groups attached to an aromatic ring is 1. The summed E-state index contributed by atoms with van der Waals surface area (Å²) >= 11 is 4.57. The molecule has 0 amide bonds. The van der Waals surface area contributed by atoms with E-state index in [0.717, 1.165) is 0 Å². The highest BCUT2D eigenvalue weighted by atomic mass is 32.8. The topological polar surface area (TPSA) is 97.1 Å². The summed E-state index contributed by atoms with van der Waals surface area (Å²) in [4.78, 5) is 11.7. The number of anilines is 1. The van der Waals surface area contributed by atoms with Gasteiger partial charge < -0.3 is 19.9 Å². The minimum atomic E-state index is -2.60. The Morgan fingerprint density at radius 1 is 1.04 bits per heavy atom. The van der Waals surface area contributed by atoms with Gasteiger partial charge in [-0.3, -0.25) is 4.18 Å². The molecule has 130 valence electrons. The van der Waals surface area contributed by atoms with Crippen LogP contribution in [-0.4, -0.2) is 56.1 Å². The van der Waals surface area contributed by atoms with Crippen molar-refractivity contribution in [2.45, 2.75) is 0 Å². The van der Waals surface area contributed by atoms with Crippen molar-refractivity contribution in [3.05, 3.63) is 29.8 Å². The third-order valence-electron chi connectivity index (χ3n) is 2.50. The Morgan fingerprint density at radius 2 is 1.57 bits per heavy atom. The number of carbonyl (C=O) groups is 1. The molecular formula is C14H21NO6S2. The average molecular weight is 363 g/mol. The number of carbonyl (C=O) groups excluding carboxylic acids is 1. The highest BCUT2D eigenvalue weighted by Gasteiger charge is 2.06. The summed E-state index contributed by atoms with van der Waals surface area (Å²) in [6, 6.07) is 6.48. The lowest BCUT2D eigenvalue weighted by molar-refractivity contribution is 0.0111. The van der Waals surface area contributed by atoms with Gasteiger partial charge in [0.25, 0.3) is 0 Å². The second-order valence-corrected chi connectivity index (χ2v) is 7.97. The first-order valence-electron chi connectivity index (χ1n) is 6.91. The molecule has 0 aliphatic heterocycles. The van der Waals surface area contributed by atoms with Gasteiger partial charge in [-0.1, -0.05) is 0 Å². The molecule has 1 unspecified atom stereocenters. The van der Waals surface area contributed by atoms with Crippen LogP contribution in [0.1, 0.15) is 10.4 Å². The Hall–Kier alpha value is -1.26. The Morgan fingerprint density at radius 3 is 2.13 bits per heavy atom. The number of hydrogen-bond acceptors (Lipinski definition) is 8. The van der Waals surface area contributed by atoms with E-state index < -0.39 is 14.7 Å². The molecule has 1 aromatic carbocycles. The number of nitrogens with two attached hydrogens (primary N) is 1. The Balaban J connectivity index is 1.97. The maximum absolute atomic E-state index is 11.7. The van der Waals surface area contributed by atoms with E-state index in [9.17, 15) is 9.00 Å². The highest BCUT2D eigenvalue weighted by molar-refractivity contribution is 8.29. The number of benzene rings is 1. The SMILES string of the molecule is CS(=O)(=S)OCCOCCOCCOC(=O)c1ccc(N)cc1. The van der Waals surface area contributed by atoms with E-state index in [1.165, 1.54) is 6.26 Å². The molecule has 1 rings (SSSR count). The summed E-state index contributed by atoms with van der Waals surface area (Å²) in [6.45, 7) is 1.61. The van der Waals surface area contributed by atoms with E-state index in [4.69, 9.17) is 24.1 Å². The maximum atomic E-state index is 11.7. The zero-order chi connectivity index (χ0) is 17.1. The van der Waals surface area contributed by atoms with Gasteiger partial charge in [0.2, 0.25) is 0 Å². The van der Waals surface area contributed by atoms with E-state index in [0.29, 0.717) is 24.5 Å². The van der Waals surface area contributed by atoms with Crippen LogP contribution in [0, 0.1) is 0 Å². The molecular weight excluding hydrogens is 342 g/mol. The minimum absolute atomic E-state index is 0.153. The molecule has 0 aliphatic rings. The molecule has 0 saturated heterocycles. The fraction of sp³-hybridized carbons (Fsp3) is 0.500. The standard InChI is InChI=1S/C14H21NO6S2/c1-23(17,22)21-11-9-19-7-6-18-8-10-20-14(16)12-2-4-13(15)5-3-12/h2-5H,6-11,15H2,1H3. The third kappa shape index (κ3) is 10.2. The molecule has 0 saturated carbocycles. The summed E-state index contributed by atoms with van der Waals surface area (Å²) in [7, 11) is -2.60. The number of rotatable bonds is 11. The smallest absolute Gasteiger partial charge is 0.338 e. The zero-order valence-corrected chi connectivity index (χ0v) is 14.5. The summed E-state index contributed by atoms with van der Waals surface area (Å²) in [5, 5.41) is 0. The van der Waals surface area contributed by atoms with E-state index in [1.54, 1.807) is 24.3 Å². The lowest BCUT2D eigenvalue weighted by atomic mass is 10.2. The minimum Gasteiger partial charge on any atom is -0.460 e. The van der Waals surface area contributed by atoms with Crippen LogP contribution < -0.4 is 5.73 Å². The van der Waals surface area contributed by atoms with Crippen molar-refractivity contribution in [3.8, 4) is 0 Å². The Labute approximate surface area is 140 Å². The average Bonchev–Trinajstić information content (AvgIpc) is 2.48. The van der Waals surface area contributed by atoms with Gasteiger partial charge in [-0.05, 0) is 24.3 Å². The van der Waals surface area contributed by atoms with Gasteiger partial charge in [0.05, 0.1) is 38.6 Å². The number of ether oxygens (including phenoxy) is 3. The quantitative estimate of drug-likeness (QED) is 0.350. The summed E-state index contributed by atoms with van der Waals surface area (Å²) in [5.41, 5.74) is 6.56. The van der Waals surface area contributed by atoms with E-state index in [-0.39, 0.29) is 26.4 Å². The normalized spacial score (nSPS) is 13.4. The summed E-state index contributed by atoms with van der Waals surface area (Å²) < 4.78 is 31.4. The van der Waals surface area contributed by atoms with Crippen LogP contribution in [0.15, 0.2) is 24.3 Å². The van der Waals surface area contributed by atoms with Crippen LogP contribution >= 0.6 is 0 Å². The summed E-state index contributed by atoms with van der Waals surface area (Å²) in [6.07, 6.45) is 1.34. The van der Waals surface area contributed by atoms with Crippen LogP contribution in [0.25, 0.3) is 0 Å². The first-order chi connectivity index (χ1) is 10.9. The van der Waals surface area contributed by atoms with Gasteiger partial charge in [-0.2, -0.15) is 0 Å². The first kappa shape index (κ1) is 19.8. The molecule has 0 aliphatic carbocycles. The molecule has 23 heavy (non-hydrogen) atoms. The second-order valence-electron chi connectivity index (χ2n) is 4.51. The molecule has 0 bridgehead atoms. The molecule has 0 heterocycles. The second kappa shape index (κ2) is 10.5. The third-order valence-corrected chi connectivity index (χ3v) is 3.39. The van der Waals surface area contributed by atoms with Crippen LogP contribution in [0.3, 0.4) is 0 Å². The predicted octanol–water partition coefficient (Wildman–Crippen LogP) is 0.766. The van der Waals surface area contributed by atoms with Gasteiger partial charge >= 0.3 is 5.97 Å². The van der Waals surface area contributed by atoms with E-state index in [2.05, 4.69) is 11.2 Å². The van der Waals surface area contributed by atoms with Crippen LogP contribution in [-0.2, 0) is 38.4 Å². The molecule has 9 heteroatoms.